The van der Waals surface area contributed by atoms with Crippen molar-refractivity contribution in [1.29, 1.82) is 5.26 Å². The lowest BCUT2D eigenvalue weighted by Gasteiger charge is -2.24. The van der Waals surface area contributed by atoms with Crippen LogP contribution in [0.3, 0.4) is 0 Å². The number of thiazole rings is 1. The maximum atomic E-state index is 14.1. The van der Waals surface area contributed by atoms with Crippen molar-refractivity contribution in [2.75, 3.05) is 19.8 Å². The Hall–Kier alpha value is -4.68. The normalized spacial score (nSPS) is 14.8. The Morgan fingerprint density at radius 1 is 1.07 bits per heavy atom. The Bertz CT molecular complexity index is 1850. The zero-order valence-corrected chi connectivity index (χ0v) is 23.2. The molecule has 1 aromatic heterocycles. The van der Waals surface area contributed by atoms with Crippen LogP contribution in [-0.4, -0.2) is 30.4 Å². The summed E-state index contributed by atoms with van der Waals surface area (Å²) in [6.07, 6.45) is 1.78. The number of ether oxygens (including phenoxy) is 3. The van der Waals surface area contributed by atoms with E-state index in [0.29, 0.717) is 44.3 Å². The van der Waals surface area contributed by atoms with Gasteiger partial charge >= 0.3 is 5.97 Å². The fraction of sp³-hybridized carbons (Fsp3) is 0.226. The number of allylic oxidation sites excluding steroid dienone is 1. The van der Waals surface area contributed by atoms with Gasteiger partial charge in [0, 0.05) is 5.56 Å². The van der Waals surface area contributed by atoms with Crippen LogP contribution in [0.4, 0.5) is 0 Å². The molecule has 0 spiro atoms. The zero-order chi connectivity index (χ0) is 28.2. The first-order valence-corrected chi connectivity index (χ1v) is 13.7. The SMILES string of the molecule is CCOC(=O)C1=C(C)N=c2s/c(=C\c3c(OCC#N)ccc4ccccc34)c(=O)n2[C@H]1c1ccc(OCC)cc1. The molecule has 1 atom stereocenters. The summed E-state index contributed by atoms with van der Waals surface area (Å²) in [5.74, 6) is 0.675. The molecule has 202 valence electrons. The van der Waals surface area contributed by atoms with Gasteiger partial charge in [-0.2, -0.15) is 5.26 Å². The van der Waals surface area contributed by atoms with E-state index in [1.165, 1.54) is 11.3 Å². The Balaban J connectivity index is 1.74. The lowest BCUT2D eigenvalue weighted by molar-refractivity contribution is -0.139. The molecule has 4 aromatic rings. The van der Waals surface area contributed by atoms with Crippen LogP contribution in [0.15, 0.2) is 81.7 Å². The molecule has 0 amide bonds. The highest BCUT2D eigenvalue weighted by molar-refractivity contribution is 7.07. The first-order chi connectivity index (χ1) is 19.5. The van der Waals surface area contributed by atoms with Gasteiger partial charge < -0.3 is 14.2 Å². The third-order valence-electron chi connectivity index (χ3n) is 6.52. The van der Waals surface area contributed by atoms with Crippen LogP contribution in [0, 0.1) is 11.3 Å². The highest BCUT2D eigenvalue weighted by Gasteiger charge is 2.33. The molecule has 0 N–H and O–H groups in total. The van der Waals surface area contributed by atoms with E-state index in [-0.39, 0.29) is 18.8 Å². The van der Waals surface area contributed by atoms with Gasteiger partial charge in [-0.1, -0.05) is 53.8 Å². The molecule has 0 saturated carbocycles. The largest absolute Gasteiger partial charge is 0.494 e. The number of rotatable bonds is 8. The highest BCUT2D eigenvalue weighted by atomic mass is 32.1. The van der Waals surface area contributed by atoms with Crippen LogP contribution in [0.2, 0.25) is 0 Å². The quantitative estimate of drug-likeness (QED) is 0.302. The van der Waals surface area contributed by atoms with Crippen LogP contribution in [-0.2, 0) is 9.53 Å². The third kappa shape index (κ3) is 5.01. The number of hydrogen-bond donors (Lipinski definition) is 0. The smallest absolute Gasteiger partial charge is 0.338 e. The van der Waals surface area contributed by atoms with Crippen molar-refractivity contribution < 1.29 is 19.0 Å². The first kappa shape index (κ1) is 26.9. The summed E-state index contributed by atoms with van der Waals surface area (Å²) in [4.78, 5) is 32.3. The molecule has 0 fully saturated rings. The third-order valence-corrected chi connectivity index (χ3v) is 7.51. The molecule has 0 aliphatic carbocycles. The lowest BCUT2D eigenvalue weighted by atomic mass is 9.96. The van der Waals surface area contributed by atoms with Crippen molar-refractivity contribution in [2.24, 2.45) is 4.99 Å². The Labute approximate surface area is 234 Å². The standard InChI is InChI=1S/C31H27N3O5S/c1-4-37-22-13-10-21(11-14-22)28-27(30(36)38-5-2)19(3)33-31-34(28)29(35)26(40-31)18-24-23-9-7-6-8-20(23)12-15-25(24)39-17-16-32/h6-15,18,28H,4-5,17H2,1-3H3/b26-18-/t28-/m0/s1. The van der Waals surface area contributed by atoms with Crippen molar-refractivity contribution in [3.8, 4) is 17.6 Å². The number of aromatic nitrogens is 1. The summed E-state index contributed by atoms with van der Waals surface area (Å²) >= 11 is 1.24. The van der Waals surface area contributed by atoms with Crippen molar-refractivity contribution in [1.82, 2.24) is 4.57 Å². The summed E-state index contributed by atoms with van der Waals surface area (Å²) in [5.41, 5.74) is 1.94. The minimum absolute atomic E-state index is 0.125. The van der Waals surface area contributed by atoms with E-state index in [1.807, 2.05) is 67.6 Å². The van der Waals surface area contributed by atoms with Gasteiger partial charge in [0.25, 0.3) is 5.56 Å². The van der Waals surface area contributed by atoms with Crippen molar-refractivity contribution in [2.45, 2.75) is 26.8 Å². The molecular weight excluding hydrogens is 526 g/mol. The van der Waals surface area contributed by atoms with E-state index < -0.39 is 12.0 Å². The lowest BCUT2D eigenvalue weighted by Crippen LogP contribution is -2.39. The average Bonchev–Trinajstić information content (AvgIpc) is 3.26. The zero-order valence-electron chi connectivity index (χ0n) is 22.3. The molecule has 0 saturated heterocycles. The summed E-state index contributed by atoms with van der Waals surface area (Å²) in [6.45, 7) is 6.00. The summed E-state index contributed by atoms with van der Waals surface area (Å²) in [7, 11) is 0. The van der Waals surface area contributed by atoms with Crippen LogP contribution >= 0.6 is 11.3 Å². The van der Waals surface area contributed by atoms with Crippen LogP contribution in [0.5, 0.6) is 11.5 Å². The van der Waals surface area contributed by atoms with Gasteiger partial charge in [-0.15, -0.1) is 0 Å². The number of hydrogen-bond acceptors (Lipinski definition) is 8. The maximum absolute atomic E-state index is 14.1. The van der Waals surface area contributed by atoms with Crippen LogP contribution in [0.25, 0.3) is 16.8 Å². The number of carbonyl (C=O) groups is 1. The molecule has 0 radical (unpaired) electrons. The van der Waals surface area contributed by atoms with E-state index in [4.69, 9.17) is 19.5 Å². The molecular formula is C31H27N3O5S. The van der Waals surface area contributed by atoms with Gasteiger partial charge in [0.2, 0.25) is 0 Å². The van der Waals surface area contributed by atoms with Gasteiger partial charge in [0.05, 0.1) is 35.1 Å². The number of nitriles is 1. The van der Waals surface area contributed by atoms with E-state index in [9.17, 15) is 9.59 Å². The number of carbonyl (C=O) groups excluding carboxylic acids is 1. The minimum atomic E-state index is -0.727. The van der Waals surface area contributed by atoms with Crippen LogP contribution < -0.4 is 24.4 Å². The second-order valence-electron chi connectivity index (χ2n) is 8.95. The molecule has 0 bridgehead atoms. The van der Waals surface area contributed by atoms with E-state index in [1.54, 1.807) is 30.6 Å². The van der Waals surface area contributed by atoms with E-state index >= 15 is 0 Å². The van der Waals surface area contributed by atoms with Crippen LogP contribution in [0.1, 0.15) is 37.9 Å². The first-order valence-electron chi connectivity index (χ1n) is 12.9. The Kier molecular flexibility index (Phi) is 7.80. The summed E-state index contributed by atoms with van der Waals surface area (Å²) < 4.78 is 18.7. The van der Waals surface area contributed by atoms with Gasteiger partial charge in [-0.25, -0.2) is 9.79 Å². The topological polar surface area (TPSA) is 103 Å². The second-order valence-corrected chi connectivity index (χ2v) is 9.96. The fourth-order valence-electron chi connectivity index (χ4n) is 4.81. The summed E-state index contributed by atoms with van der Waals surface area (Å²) in [6, 6.07) is 20.1. The Morgan fingerprint density at radius 3 is 2.58 bits per heavy atom. The molecule has 1 aliphatic heterocycles. The number of fused-ring (bicyclic) bond motifs is 2. The van der Waals surface area contributed by atoms with Crippen molar-refractivity contribution >= 4 is 34.2 Å². The van der Waals surface area contributed by atoms with E-state index in [0.717, 1.165) is 16.3 Å². The molecule has 1 aliphatic rings. The minimum Gasteiger partial charge on any atom is -0.494 e. The van der Waals surface area contributed by atoms with Gasteiger partial charge in [-0.05, 0) is 61.4 Å². The highest BCUT2D eigenvalue weighted by Crippen LogP contribution is 2.32. The number of esters is 1. The fourth-order valence-corrected chi connectivity index (χ4v) is 5.84. The predicted octanol–water partition coefficient (Wildman–Crippen LogP) is 4.25. The maximum Gasteiger partial charge on any atom is 0.338 e. The number of nitrogens with zero attached hydrogens (tertiary/aromatic N) is 3. The van der Waals surface area contributed by atoms with Crippen molar-refractivity contribution in [3.63, 3.8) is 0 Å². The molecule has 9 heteroatoms. The van der Waals surface area contributed by atoms with Crippen molar-refractivity contribution in [3.05, 3.63) is 103 Å². The number of benzene rings is 3. The van der Waals surface area contributed by atoms with Gasteiger partial charge in [0.1, 0.15) is 17.6 Å². The van der Waals surface area contributed by atoms with E-state index in [2.05, 4.69) is 4.99 Å². The summed E-state index contributed by atoms with van der Waals surface area (Å²) in [5, 5.41) is 10.9. The second kappa shape index (κ2) is 11.6. The van der Waals surface area contributed by atoms with Gasteiger partial charge in [-0.3, -0.25) is 9.36 Å². The molecule has 0 unspecified atom stereocenters. The molecule has 8 nitrogen and oxygen atoms in total. The van der Waals surface area contributed by atoms with Gasteiger partial charge in [0.15, 0.2) is 11.4 Å². The predicted molar refractivity (Wildman–Crippen MR) is 153 cm³/mol. The average molecular weight is 554 g/mol. The molecule has 5 rings (SSSR count). The molecule has 2 heterocycles. The molecule has 3 aromatic carbocycles. The Morgan fingerprint density at radius 2 is 1.85 bits per heavy atom. The monoisotopic (exact) mass is 553 g/mol. The molecule has 40 heavy (non-hydrogen) atoms.